The highest BCUT2D eigenvalue weighted by molar-refractivity contribution is 5.92. The lowest BCUT2D eigenvalue weighted by Gasteiger charge is -2.22. The number of carbonyl (C=O) groups excluding carboxylic acids is 2. The molecule has 3 aromatic carbocycles. The molecule has 0 heterocycles. The Hall–Kier alpha value is -3.66. The van der Waals surface area contributed by atoms with Gasteiger partial charge in [0, 0.05) is 25.6 Å². The molecule has 0 aliphatic carbocycles. The highest BCUT2D eigenvalue weighted by atomic mass is 16.2. The van der Waals surface area contributed by atoms with Crippen LogP contribution in [0.5, 0.6) is 0 Å². The minimum Gasteiger partial charge on any atom is -0.350 e. The van der Waals surface area contributed by atoms with E-state index in [1.54, 1.807) is 17.1 Å². The van der Waals surface area contributed by atoms with Crippen molar-refractivity contribution in [1.29, 1.82) is 0 Å². The maximum atomic E-state index is 12.9. The maximum absolute atomic E-state index is 12.9. The summed E-state index contributed by atoms with van der Waals surface area (Å²) < 4.78 is 0. The molecule has 0 saturated carbocycles. The van der Waals surface area contributed by atoms with Crippen LogP contribution in [0.1, 0.15) is 36.1 Å². The predicted molar refractivity (Wildman–Crippen MR) is 125 cm³/mol. The van der Waals surface area contributed by atoms with Crippen LogP contribution in [0, 0.1) is 0 Å². The van der Waals surface area contributed by atoms with Gasteiger partial charge in [-0.05, 0) is 29.7 Å². The summed E-state index contributed by atoms with van der Waals surface area (Å²) in [5, 5.41) is 3.02. The zero-order valence-electron chi connectivity index (χ0n) is 17.8. The van der Waals surface area contributed by atoms with E-state index in [1.807, 2.05) is 97.9 Å². The van der Waals surface area contributed by atoms with E-state index in [0.29, 0.717) is 13.1 Å². The van der Waals surface area contributed by atoms with Crippen LogP contribution in [0.15, 0.2) is 97.1 Å². The van der Waals surface area contributed by atoms with Gasteiger partial charge in [-0.15, -0.1) is 0 Å². The number of hydrogen-bond donors (Lipinski definition) is 1. The summed E-state index contributed by atoms with van der Waals surface area (Å²) >= 11 is 0. The van der Waals surface area contributed by atoms with E-state index in [4.69, 9.17) is 0 Å². The van der Waals surface area contributed by atoms with Gasteiger partial charge in [0.25, 0.3) is 0 Å². The molecule has 0 aliphatic rings. The predicted octanol–water partition coefficient (Wildman–Crippen LogP) is 5.00. The van der Waals surface area contributed by atoms with Gasteiger partial charge in [0.05, 0.1) is 6.04 Å². The molecule has 0 saturated heterocycles. The van der Waals surface area contributed by atoms with Crippen molar-refractivity contribution in [3.05, 3.63) is 114 Å². The van der Waals surface area contributed by atoms with E-state index >= 15 is 0 Å². The standard InChI is InChI=1S/C27H28N2O2/c1-22(25-15-9-4-10-16-25)28-26(30)19-20-29(21-24-13-7-3-8-14-24)27(31)18-17-23-11-5-2-6-12-23/h2-18,22H,19-21H2,1H3,(H,28,30)/b18-17+. The van der Waals surface area contributed by atoms with Crippen molar-refractivity contribution in [3.8, 4) is 0 Å². The van der Waals surface area contributed by atoms with Crippen LogP contribution < -0.4 is 5.32 Å². The normalized spacial score (nSPS) is 11.8. The van der Waals surface area contributed by atoms with E-state index in [0.717, 1.165) is 16.7 Å². The van der Waals surface area contributed by atoms with E-state index in [2.05, 4.69) is 5.32 Å². The Kier molecular flexibility index (Phi) is 8.18. The third kappa shape index (κ3) is 7.27. The Bertz CT molecular complexity index is 986. The van der Waals surface area contributed by atoms with Crippen LogP contribution in [0.4, 0.5) is 0 Å². The molecule has 31 heavy (non-hydrogen) atoms. The van der Waals surface area contributed by atoms with Crippen LogP contribution >= 0.6 is 0 Å². The maximum Gasteiger partial charge on any atom is 0.246 e. The van der Waals surface area contributed by atoms with Gasteiger partial charge in [-0.25, -0.2) is 0 Å². The molecule has 0 radical (unpaired) electrons. The number of nitrogens with zero attached hydrogens (tertiary/aromatic N) is 1. The van der Waals surface area contributed by atoms with Gasteiger partial charge in [-0.3, -0.25) is 9.59 Å². The molecule has 0 spiro atoms. The molecule has 3 rings (SSSR count). The van der Waals surface area contributed by atoms with Gasteiger partial charge in [-0.1, -0.05) is 91.0 Å². The zero-order valence-corrected chi connectivity index (χ0v) is 17.8. The van der Waals surface area contributed by atoms with Crippen molar-refractivity contribution in [3.63, 3.8) is 0 Å². The van der Waals surface area contributed by atoms with Crippen molar-refractivity contribution >= 4 is 17.9 Å². The van der Waals surface area contributed by atoms with E-state index in [-0.39, 0.29) is 24.3 Å². The second-order valence-electron chi connectivity index (χ2n) is 7.44. The Morgan fingerprint density at radius 3 is 2.10 bits per heavy atom. The number of nitrogens with one attached hydrogen (secondary N) is 1. The first-order valence-corrected chi connectivity index (χ1v) is 10.5. The lowest BCUT2D eigenvalue weighted by atomic mass is 10.1. The quantitative estimate of drug-likeness (QED) is 0.503. The highest BCUT2D eigenvalue weighted by Crippen LogP contribution is 2.12. The first-order valence-electron chi connectivity index (χ1n) is 10.5. The monoisotopic (exact) mass is 412 g/mol. The SMILES string of the molecule is CC(NC(=O)CCN(Cc1ccccc1)C(=O)/C=C/c1ccccc1)c1ccccc1. The van der Waals surface area contributed by atoms with Crippen molar-refractivity contribution in [1.82, 2.24) is 10.2 Å². The summed E-state index contributed by atoms with van der Waals surface area (Å²) in [5.41, 5.74) is 3.05. The second-order valence-corrected chi connectivity index (χ2v) is 7.44. The van der Waals surface area contributed by atoms with Gasteiger partial charge in [0.15, 0.2) is 0 Å². The van der Waals surface area contributed by atoms with Gasteiger partial charge < -0.3 is 10.2 Å². The van der Waals surface area contributed by atoms with Gasteiger partial charge in [0.2, 0.25) is 11.8 Å². The fraction of sp³-hybridized carbons (Fsp3) is 0.185. The first kappa shape index (κ1) is 22.0. The summed E-state index contributed by atoms with van der Waals surface area (Å²) in [4.78, 5) is 27.1. The van der Waals surface area contributed by atoms with Crippen molar-refractivity contribution in [2.24, 2.45) is 0 Å². The highest BCUT2D eigenvalue weighted by Gasteiger charge is 2.15. The Morgan fingerprint density at radius 1 is 0.871 bits per heavy atom. The summed E-state index contributed by atoms with van der Waals surface area (Å²) in [5.74, 6) is -0.189. The van der Waals surface area contributed by atoms with Crippen LogP contribution in [0.25, 0.3) is 6.08 Å². The molecule has 2 amide bonds. The third-order valence-corrected chi connectivity index (χ3v) is 5.03. The molecule has 1 N–H and O–H groups in total. The number of amides is 2. The molecule has 0 aliphatic heterocycles. The average molecular weight is 413 g/mol. The topological polar surface area (TPSA) is 49.4 Å². The Labute approximate surface area is 184 Å². The molecule has 1 unspecified atom stereocenters. The number of carbonyl (C=O) groups is 2. The minimum atomic E-state index is -0.114. The molecule has 1 atom stereocenters. The Morgan fingerprint density at radius 2 is 1.45 bits per heavy atom. The summed E-state index contributed by atoms with van der Waals surface area (Å²) in [6, 6.07) is 29.3. The van der Waals surface area contributed by atoms with Crippen molar-refractivity contribution in [2.75, 3.05) is 6.54 Å². The van der Waals surface area contributed by atoms with Crippen LogP contribution in [-0.4, -0.2) is 23.3 Å². The fourth-order valence-electron chi connectivity index (χ4n) is 3.28. The molecule has 3 aromatic rings. The molecule has 4 heteroatoms. The largest absolute Gasteiger partial charge is 0.350 e. The Balaban J connectivity index is 1.62. The van der Waals surface area contributed by atoms with Crippen molar-refractivity contribution in [2.45, 2.75) is 25.9 Å². The number of rotatable bonds is 9. The van der Waals surface area contributed by atoms with Gasteiger partial charge in [0.1, 0.15) is 0 Å². The smallest absolute Gasteiger partial charge is 0.246 e. The van der Waals surface area contributed by atoms with Crippen LogP contribution in [0.2, 0.25) is 0 Å². The van der Waals surface area contributed by atoms with Gasteiger partial charge >= 0.3 is 0 Å². The first-order chi connectivity index (χ1) is 15.1. The van der Waals surface area contributed by atoms with Crippen molar-refractivity contribution < 1.29 is 9.59 Å². The van der Waals surface area contributed by atoms with Gasteiger partial charge in [-0.2, -0.15) is 0 Å². The average Bonchev–Trinajstić information content (AvgIpc) is 2.82. The fourth-order valence-corrected chi connectivity index (χ4v) is 3.28. The lowest BCUT2D eigenvalue weighted by molar-refractivity contribution is -0.127. The minimum absolute atomic E-state index is 0.0748. The van der Waals surface area contributed by atoms with E-state index in [9.17, 15) is 9.59 Å². The lowest BCUT2D eigenvalue weighted by Crippen LogP contribution is -2.34. The summed E-state index contributed by atoms with van der Waals surface area (Å²) in [6.45, 7) is 2.77. The zero-order chi connectivity index (χ0) is 21.9. The molecular formula is C27H28N2O2. The third-order valence-electron chi connectivity index (χ3n) is 5.03. The second kappa shape index (κ2) is 11.5. The number of benzene rings is 3. The molecule has 0 bridgehead atoms. The summed E-state index contributed by atoms with van der Waals surface area (Å²) in [6.07, 6.45) is 3.62. The summed E-state index contributed by atoms with van der Waals surface area (Å²) in [7, 11) is 0. The molecular weight excluding hydrogens is 384 g/mol. The van der Waals surface area contributed by atoms with E-state index in [1.165, 1.54) is 0 Å². The molecule has 4 nitrogen and oxygen atoms in total. The van der Waals surface area contributed by atoms with Crippen LogP contribution in [0.3, 0.4) is 0 Å². The van der Waals surface area contributed by atoms with E-state index < -0.39 is 0 Å². The van der Waals surface area contributed by atoms with Crippen LogP contribution in [-0.2, 0) is 16.1 Å². The molecule has 158 valence electrons. The number of hydrogen-bond acceptors (Lipinski definition) is 2. The molecule has 0 aromatic heterocycles. The molecule has 0 fully saturated rings.